The first-order chi connectivity index (χ1) is 6.88. The zero-order valence-corrected chi connectivity index (χ0v) is 9.67. The van der Waals surface area contributed by atoms with Crippen LogP contribution in [0.4, 0.5) is 0 Å². The van der Waals surface area contributed by atoms with Crippen LogP contribution in [0.3, 0.4) is 0 Å². The van der Waals surface area contributed by atoms with Gasteiger partial charge in [-0.25, -0.2) is 0 Å². The first-order valence-corrected chi connectivity index (χ1v) is 6.60. The molecule has 0 unspecified atom stereocenters. The maximum atomic E-state index is 2.72. The summed E-state index contributed by atoms with van der Waals surface area (Å²) < 4.78 is 0. The van der Waals surface area contributed by atoms with Gasteiger partial charge in [-0.3, -0.25) is 0 Å². The third-order valence-electron chi connectivity index (χ3n) is 4.30. The fourth-order valence-corrected chi connectivity index (χ4v) is 3.27. The first kappa shape index (κ1) is 13.2. The minimum atomic E-state index is 0. The van der Waals surface area contributed by atoms with Gasteiger partial charge in [0, 0.05) is 12.1 Å². The topological polar surface area (TPSA) is 3.24 Å². The van der Waals surface area contributed by atoms with E-state index >= 15 is 0 Å². The van der Waals surface area contributed by atoms with Gasteiger partial charge in [-0.1, -0.05) is 38.5 Å². The fraction of sp³-hybridized carbons (Fsp3) is 1.00. The van der Waals surface area contributed by atoms with E-state index in [9.17, 15) is 0 Å². The summed E-state index contributed by atoms with van der Waals surface area (Å²) in [6.45, 7) is 0. The van der Waals surface area contributed by atoms with Gasteiger partial charge in [-0.05, 0) is 43.7 Å². The molecule has 2 rings (SSSR count). The molecule has 2 aliphatic carbocycles. The van der Waals surface area contributed by atoms with E-state index in [1.165, 1.54) is 64.2 Å². The molecule has 15 heavy (non-hydrogen) atoms. The lowest BCUT2D eigenvalue weighted by molar-refractivity contribution is 0.111. The SMILES string of the molecule is CN(C1CCCCC1)C1CCCCC1.[SiH4]. The summed E-state index contributed by atoms with van der Waals surface area (Å²) in [7, 11) is 2.38. The van der Waals surface area contributed by atoms with Gasteiger partial charge in [0.25, 0.3) is 0 Å². The molecule has 2 fully saturated rings. The lowest BCUT2D eigenvalue weighted by Gasteiger charge is -2.39. The van der Waals surface area contributed by atoms with Crippen molar-refractivity contribution in [2.75, 3.05) is 7.05 Å². The van der Waals surface area contributed by atoms with Crippen molar-refractivity contribution in [1.82, 2.24) is 4.90 Å². The van der Waals surface area contributed by atoms with Crippen LogP contribution in [0, 0.1) is 0 Å². The first-order valence-electron chi connectivity index (χ1n) is 6.60. The minimum Gasteiger partial charge on any atom is -0.300 e. The van der Waals surface area contributed by atoms with E-state index in [-0.39, 0.29) is 11.0 Å². The minimum absolute atomic E-state index is 0. The fourth-order valence-electron chi connectivity index (χ4n) is 3.27. The number of hydrogen-bond acceptors (Lipinski definition) is 1. The predicted octanol–water partition coefficient (Wildman–Crippen LogP) is 2.13. The Hall–Kier alpha value is 0.177. The average molecular weight is 227 g/mol. The average Bonchev–Trinajstić information content (AvgIpc) is 2.30. The van der Waals surface area contributed by atoms with Crippen LogP contribution in [0.25, 0.3) is 0 Å². The molecule has 0 amide bonds. The van der Waals surface area contributed by atoms with Gasteiger partial charge in [0.2, 0.25) is 0 Å². The quantitative estimate of drug-likeness (QED) is 0.653. The number of nitrogens with zero attached hydrogens (tertiary/aromatic N) is 1. The summed E-state index contributed by atoms with van der Waals surface area (Å²) in [6, 6.07) is 1.85. The predicted molar refractivity (Wildman–Crippen MR) is 72.8 cm³/mol. The lowest BCUT2D eigenvalue weighted by Crippen LogP contribution is -2.42. The van der Waals surface area contributed by atoms with E-state index in [0.29, 0.717) is 0 Å². The van der Waals surface area contributed by atoms with Crippen LogP contribution in [0.1, 0.15) is 64.2 Å². The number of hydrogen-bond donors (Lipinski definition) is 0. The third-order valence-corrected chi connectivity index (χ3v) is 4.30. The van der Waals surface area contributed by atoms with Crippen LogP contribution < -0.4 is 0 Å². The second kappa shape index (κ2) is 6.69. The van der Waals surface area contributed by atoms with E-state index in [1.54, 1.807) is 0 Å². The molecule has 0 saturated heterocycles. The van der Waals surface area contributed by atoms with E-state index in [0.717, 1.165) is 12.1 Å². The molecule has 0 aromatic rings. The Balaban J connectivity index is 0.00000112. The summed E-state index contributed by atoms with van der Waals surface area (Å²) >= 11 is 0. The Morgan fingerprint density at radius 2 is 1.00 bits per heavy atom. The number of rotatable bonds is 2. The van der Waals surface area contributed by atoms with Gasteiger partial charge in [-0.2, -0.15) is 0 Å². The summed E-state index contributed by atoms with van der Waals surface area (Å²) in [5.41, 5.74) is 0. The van der Waals surface area contributed by atoms with Crippen LogP contribution >= 0.6 is 0 Å². The molecule has 0 N–H and O–H groups in total. The zero-order chi connectivity index (χ0) is 9.80. The zero-order valence-electron chi connectivity index (χ0n) is 9.67. The van der Waals surface area contributed by atoms with Crippen molar-refractivity contribution in [3.05, 3.63) is 0 Å². The van der Waals surface area contributed by atoms with Crippen LogP contribution in [-0.2, 0) is 0 Å². The standard InChI is InChI=1S/C13H25N.H4Si/c1-14(12-8-4-2-5-9-12)13-10-6-3-7-11-13;/h12-13H,2-11H2,1H3;1H4. The highest BCUT2D eigenvalue weighted by Crippen LogP contribution is 2.28. The largest absolute Gasteiger partial charge is 0.300 e. The molecule has 2 saturated carbocycles. The molecule has 0 heterocycles. The Labute approximate surface area is 99.6 Å². The van der Waals surface area contributed by atoms with Crippen LogP contribution in [0.5, 0.6) is 0 Å². The summed E-state index contributed by atoms with van der Waals surface area (Å²) in [6.07, 6.45) is 14.7. The van der Waals surface area contributed by atoms with E-state index in [2.05, 4.69) is 11.9 Å². The molecule has 1 nitrogen and oxygen atoms in total. The van der Waals surface area contributed by atoms with Gasteiger partial charge in [0.15, 0.2) is 0 Å². The van der Waals surface area contributed by atoms with Crippen molar-refractivity contribution in [1.29, 1.82) is 0 Å². The molecule has 0 bridgehead atoms. The van der Waals surface area contributed by atoms with Crippen LogP contribution in [0.2, 0.25) is 0 Å². The Bertz CT molecular complexity index is 142. The van der Waals surface area contributed by atoms with Crippen molar-refractivity contribution in [3.63, 3.8) is 0 Å². The van der Waals surface area contributed by atoms with E-state index < -0.39 is 0 Å². The monoisotopic (exact) mass is 227 g/mol. The summed E-state index contributed by atoms with van der Waals surface area (Å²) in [4.78, 5) is 2.72. The molecule has 0 aliphatic heterocycles. The van der Waals surface area contributed by atoms with E-state index in [4.69, 9.17) is 0 Å². The summed E-state index contributed by atoms with van der Waals surface area (Å²) in [5, 5.41) is 0. The molecule has 2 heteroatoms. The molecule has 0 atom stereocenters. The van der Waals surface area contributed by atoms with Crippen molar-refractivity contribution in [2.24, 2.45) is 0 Å². The molecule has 0 spiro atoms. The molecule has 0 aromatic heterocycles. The second-order valence-corrected chi connectivity index (χ2v) is 5.25. The van der Waals surface area contributed by atoms with Crippen molar-refractivity contribution < 1.29 is 0 Å². The Morgan fingerprint density at radius 3 is 1.33 bits per heavy atom. The molecule has 2 aliphatic rings. The van der Waals surface area contributed by atoms with E-state index in [1.807, 2.05) is 0 Å². The highest BCUT2D eigenvalue weighted by molar-refractivity contribution is 5.75. The molecular weight excluding hydrogens is 198 g/mol. The van der Waals surface area contributed by atoms with Gasteiger partial charge in [0.1, 0.15) is 0 Å². The third kappa shape index (κ3) is 3.60. The van der Waals surface area contributed by atoms with Gasteiger partial charge in [0.05, 0.1) is 0 Å². The van der Waals surface area contributed by atoms with Crippen LogP contribution in [0.15, 0.2) is 0 Å². The second-order valence-electron chi connectivity index (χ2n) is 5.25. The molecule has 90 valence electrons. The van der Waals surface area contributed by atoms with Crippen LogP contribution in [-0.4, -0.2) is 35.0 Å². The highest BCUT2D eigenvalue weighted by atomic mass is 28.1. The Kier molecular flexibility index (Phi) is 5.91. The molecule has 0 radical (unpaired) electrons. The van der Waals surface area contributed by atoms with Gasteiger partial charge < -0.3 is 4.90 Å². The highest BCUT2D eigenvalue weighted by Gasteiger charge is 2.25. The maximum Gasteiger partial charge on any atom is 0.00951 e. The Morgan fingerprint density at radius 1 is 0.667 bits per heavy atom. The smallest absolute Gasteiger partial charge is 0.00951 e. The van der Waals surface area contributed by atoms with Crippen molar-refractivity contribution in [3.8, 4) is 0 Å². The lowest BCUT2D eigenvalue weighted by atomic mass is 9.89. The van der Waals surface area contributed by atoms with Gasteiger partial charge in [-0.15, -0.1) is 0 Å². The molecule has 0 aromatic carbocycles. The molecular formula is C13H29NSi. The van der Waals surface area contributed by atoms with Crippen molar-refractivity contribution in [2.45, 2.75) is 76.3 Å². The normalized spacial score (nSPS) is 25.2. The van der Waals surface area contributed by atoms with Gasteiger partial charge >= 0.3 is 0 Å². The maximum absolute atomic E-state index is 2.72. The summed E-state index contributed by atoms with van der Waals surface area (Å²) in [5.74, 6) is 0. The van der Waals surface area contributed by atoms with Crippen molar-refractivity contribution >= 4 is 11.0 Å².